The van der Waals surface area contributed by atoms with Crippen LogP contribution in [0.5, 0.6) is 0 Å². The van der Waals surface area contributed by atoms with Gasteiger partial charge in [0.2, 0.25) is 0 Å². The molecule has 0 bridgehead atoms. The molecule has 0 aliphatic heterocycles. The zero-order valence-electron chi connectivity index (χ0n) is 15.7. The number of rotatable bonds is 7. The molecule has 0 atom stereocenters. The van der Waals surface area contributed by atoms with Crippen molar-refractivity contribution in [1.29, 1.82) is 0 Å². The zero-order chi connectivity index (χ0) is 19.4. The van der Waals surface area contributed by atoms with Gasteiger partial charge in [0.25, 0.3) is 10.0 Å². The highest BCUT2D eigenvalue weighted by molar-refractivity contribution is 7.92. The van der Waals surface area contributed by atoms with Gasteiger partial charge in [0.1, 0.15) is 0 Å². The van der Waals surface area contributed by atoms with Crippen molar-refractivity contribution < 1.29 is 8.42 Å². The molecule has 7 nitrogen and oxygen atoms in total. The summed E-state index contributed by atoms with van der Waals surface area (Å²) in [5, 5.41) is 7.16. The van der Waals surface area contributed by atoms with Crippen molar-refractivity contribution in [2.45, 2.75) is 50.0 Å². The minimum atomic E-state index is -3.73. The summed E-state index contributed by atoms with van der Waals surface area (Å²) in [5.41, 5.74) is 1.68. The predicted molar refractivity (Wildman–Crippen MR) is 107 cm³/mol. The number of nitrogens with zero attached hydrogens (tertiary/aromatic N) is 3. The first kappa shape index (κ1) is 18.7. The van der Waals surface area contributed by atoms with Crippen LogP contribution in [0.3, 0.4) is 0 Å². The topological polar surface area (TPSA) is 92.7 Å². The van der Waals surface area contributed by atoms with Crippen LogP contribution < -0.4 is 4.72 Å². The van der Waals surface area contributed by atoms with E-state index in [9.17, 15) is 8.42 Å². The number of H-pyrrole nitrogens is 1. The lowest BCUT2D eigenvalue weighted by molar-refractivity contribution is 0.354. The maximum atomic E-state index is 13.0. The Morgan fingerprint density at radius 2 is 2.00 bits per heavy atom. The van der Waals surface area contributed by atoms with Gasteiger partial charge in [-0.25, -0.2) is 13.4 Å². The van der Waals surface area contributed by atoms with Gasteiger partial charge in [0.15, 0.2) is 5.82 Å². The molecule has 1 fully saturated rings. The van der Waals surface area contributed by atoms with E-state index in [2.05, 4.69) is 19.9 Å². The number of sulfonamides is 1. The van der Waals surface area contributed by atoms with Gasteiger partial charge >= 0.3 is 0 Å². The van der Waals surface area contributed by atoms with Gasteiger partial charge in [-0.15, -0.1) is 0 Å². The maximum Gasteiger partial charge on any atom is 0.263 e. The summed E-state index contributed by atoms with van der Waals surface area (Å²) in [4.78, 5) is 4.26. The molecule has 3 aromatic rings. The first-order chi connectivity index (χ1) is 13.6. The Balaban J connectivity index is 1.49. The van der Waals surface area contributed by atoms with Crippen LogP contribution in [0.25, 0.3) is 0 Å². The van der Waals surface area contributed by atoms with Crippen LogP contribution in [0.4, 0.5) is 5.82 Å². The first-order valence-corrected chi connectivity index (χ1v) is 11.2. The molecule has 1 aliphatic rings. The average Bonchev–Trinajstić information content (AvgIpc) is 3.35. The Labute approximate surface area is 165 Å². The highest BCUT2D eigenvalue weighted by atomic mass is 32.2. The third-order valence-electron chi connectivity index (χ3n) is 5.28. The minimum absolute atomic E-state index is 0.250. The predicted octanol–water partition coefficient (Wildman–Crippen LogP) is 3.58. The summed E-state index contributed by atoms with van der Waals surface area (Å²) >= 11 is 0. The van der Waals surface area contributed by atoms with Crippen LogP contribution in [0.2, 0.25) is 0 Å². The average molecular weight is 400 g/mol. The summed E-state index contributed by atoms with van der Waals surface area (Å²) < 4.78 is 30.4. The SMILES string of the molecule is O=S(=O)(Nc1cc(CC2CCCCC2)[nH]n1)c1ccccc1Cn1ccnc1. The maximum absolute atomic E-state index is 13.0. The van der Waals surface area contributed by atoms with Gasteiger partial charge in [0.05, 0.1) is 11.2 Å². The molecule has 148 valence electrons. The molecule has 4 rings (SSSR count). The summed E-state index contributed by atoms with van der Waals surface area (Å²) in [6, 6.07) is 8.80. The fourth-order valence-electron chi connectivity index (χ4n) is 3.89. The Hall–Kier alpha value is -2.61. The Morgan fingerprint density at radius 1 is 1.18 bits per heavy atom. The number of hydrogen-bond donors (Lipinski definition) is 2. The van der Waals surface area contributed by atoms with Crippen molar-refractivity contribution in [3.63, 3.8) is 0 Å². The van der Waals surface area contributed by atoms with Gasteiger partial charge < -0.3 is 4.57 Å². The molecule has 2 heterocycles. The van der Waals surface area contributed by atoms with E-state index in [1.54, 1.807) is 24.7 Å². The van der Waals surface area contributed by atoms with E-state index in [0.717, 1.165) is 12.1 Å². The second-order valence-corrected chi connectivity index (χ2v) is 9.09. The highest BCUT2D eigenvalue weighted by Crippen LogP contribution is 2.27. The van der Waals surface area contributed by atoms with Gasteiger partial charge in [-0.2, -0.15) is 5.10 Å². The van der Waals surface area contributed by atoms with Gasteiger partial charge in [-0.3, -0.25) is 9.82 Å². The molecule has 0 saturated heterocycles. The highest BCUT2D eigenvalue weighted by Gasteiger charge is 2.21. The molecule has 0 unspecified atom stereocenters. The summed E-state index contributed by atoms with van der Waals surface area (Å²) in [6.45, 7) is 0.435. The molecule has 0 amide bonds. The molecular weight excluding hydrogens is 374 g/mol. The van der Waals surface area contributed by atoms with Crippen molar-refractivity contribution in [2.75, 3.05) is 4.72 Å². The first-order valence-electron chi connectivity index (χ1n) is 9.71. The molecule has 2 aromatic heterocycles. The van der Waals surface area contributed by atoms with Crippen molar-refractivity contribution in [2.24, 2.45) is 5.92 Å². The number of aromatic nitrogens is 4. The van der Waals surface area contributed by atoms with Gasteiger partial charge in [-0.1, -0.05) is 50.3 Å². The summed E-state index contributed by atoms with van der Waals surface area (Å²) in [5.74, 6) is 0.998. The van der Waals surface area contributed by atoms with Gasteiger partial charge in [-0.05, 0) is 24.0 Å². The summed E-state index contributed by atoms with van der Waals surface area (Å²) in [6.07, 6.45) is 12.4. The van der Waals surface area contributed by atoms with Crippen LogP contribution in [-0.4, -0.2) is 28.2 Å². The van der Waals surface area contributed by atoms with E-state index in [1.165, 1.54) is 32.1 Å². The molecular formula is C20H25N5O2S. The van der Waals surface area contributed by atoms with Crippen molar-refractivity contribution in [3.8, 4) is 0 Å². The Bertz CT molecular complexity index is 1000. The number of anilines is 1. The van der Waals surface area contributed by atoms with Crippen LogP contribution in [0, 0.1) is 5.92 Å². The second-order valence-electron chi connectivity index (χ2n) is 7.43. The number of benzene rings is 1. The zero-order valence-corrected chi connectivity index (χ0v) is 16.5. The van der Waals surface area contributed by atoms with E-state index >= 15 is 0 Å². The van der Waals surface area contributed by atoms with Crippen LogP contribution in [0.15, 0.2) is 53.9 Å². The second kappa shape index (κ2) is 8.18. The summed E-state index contributed by atoms with van der Waals surface area (Å²) in [7, 11) is -3.73. The fraction of sp³-hybridized carbons (Fsp3) is 0.400. The van der Waals surface area contributed by atoms with Crippen LogP contribution >= 0.6 is 0 Å². The van der Waals surface area contributed by atoms with E-state index < -0.39 is 10.0 Å². The lowest BCUT2D eigenvalue weighted by Gasteiger charge is -2.20. The van der Waals surface area contributed by atoms with Crippen LogP contribution in [0.1, 0.15) is 43.4 Å². The van der Waals surface area contributed by atoms with E-state index in [1.807, 2.05) is 29.0 Å². The standard InChI is InChI=1S/C20H25N5O2S/c26-28(27,19-9-5-4-8-17(19)14-25-11-10-21-15-25)24-20-13-18(22-23-20)12-16-6-2-1-3-7-16/h4-5,8-11,13,15-16H,1-3,6-7,12,14H2,(H2,22,23,24). The smallest absolute Gasteiger partial charge is 0.263 e. The molecule has 28 heavy (non-hydrogen) atoms. The largest absolute Gasteiger partial charge is 0.333 e. The number of hydrogen-bond acceptors (Lipinski definition) is 4. The normalized spacial score (nSPS) is 15.6. The van der Waals surface area contributed by atoms with E-state index in [4.69, 9.17) is 0 Å². The third-order valence-corrected chi connectivity index (χ3v) is 6.73. The number of imidazole rings is 1. The molecule has 2 N–H and O–H groups in total. The Kier molecular flexibility index (Phi) is 5.47. The minimum Gasteiger partial charge on any atom is -0.333 e. The monoisotopic (exact) mass is 399 g/mol. The van der Waals surface area contributed by atoms with Crippen molar-refractivity contribution >= 4 is 15.8 Å². The fourth-order valence-corrected chi connectivity index (χ4v) is 5.11. The van der Waals surface area contributed by atoms with E-state index in [0.29, 0.717) is 23.8 Å². The van der Waals surface area contributed by atoms with Crippen molar-refractivity contribution in [3.05, 3.63) is 60.3 Å². The molecule has 8 heteroatoms. The lowest BCUT2D eigenvalue weighted by atomic mass is 9.86. The molecule has 1 saturated carbocycles. The molecule has 0 radical (unpaired) electrons. The Morgan fingerprint density at radius 3 is 2.79 bits per heavy atom. The molecule has 1 aromatic carbocycles. The molecule has 0 spiro atoms. The molecule has 1 aliphatic carbocycles. The lowest BCUT2D eigenvalue weighted by Crippen LogP contribution is -2.16. The van der Waals surface area contributed by atoms with Crippen molar-refractivity contribution in [1.82, 2.24) is 19.7 Å². The third kappa shape index (κ3) is 4.44. The van der Waals surface area contributed by atoms with E-state index in [-0.39, 0.29) is 4.90 Å². The van der Waals surface area contributed by atoms with Gasteiger partial charge in [0, 0.05) is 30.7 Å². The quantitative estimate of drug-likeness (QED) is 0.635. The van der Waals surface area contributed by atoms with Crippen LogP contribution in [-0.2, 0) is 23.0 Å². The number of nitrogens with one attached hydrogen (secondary N) is 2. The number of aromatic amines is 1.